The van der Waals surface area contributed by atoms with E-state index in [1.807, 2.05) is 30.5 Å². The first-order chi connectivity index (χ1) is 16.5. The minimum atomic E-state index is -0.191. The first-order valence-corrected chi connectivity index (χ1v) is 13.1. The molecule has 0 radical (unpaired) electrons. The van der Waals surface area contributed by atoms with Crippen molar-refractivity contribution in [1.82, 2.24) is 9.47 Å². The monoisotopic (exact) mass is 502 g/mol. The van der Waals surface area contributed by atoms with Gasteiger partial charge in [0, 0.05) is 48.4 Å². The average molecular weight is 503 g/mol. The van der Waals surface area contributed by atoms with E-state index in [-0.39, 0.29) is 17.3 Å². The van der Waals surface area contributed by atoms with Crippen LogP contribution in [-0.4, -0.2) is 41.0 Å². The molecule has 0 spiro atoms. The van der Waals surface area contributed by atoms with Crippen molar-refractivity contribution >= 4 is 41.1 Å². The lowest BCUT2D eigenvalue weighted by Crippen LogP contribution is -2.39. The topological polar surface area (TPSA) is 43.7 Å². The Labute approximate surface area is 211 Å². The normalized spacial score (nSPS) is 19.9. The van der Waals surface area contributed by atoms with Gasteiger partial charge in [-0.05, 0) is 57.2 Å². The highest BCUT2D eigenvalue weighted by Gasteiger charge is 2.45. The van der Waals surface area contributed by atoms with Crippen molar-refractivity contribution in [1.29, 1.82) is 0 Å². The van der Waals surface area contributed by atoms with Gasteiger partial charge in [-0.2, -0.15) is 0 Å². The molecular weight excluding hydrogens is 471 g/mol. The van der Waals surface area contributed by atoms with Crippen molar-refractivity contribution in [3.8, 4) is 5.75 Å². The second-order valence-electron chi connectivity index (χ2n) is 10.1. The number of aryl methyl sites for hydroxylation is 1. The van der Waals surface area contributed by atoms with Crippen molar-refractivity contribution in [3.63, 3.8) is 0 Å². The molecule has 2 fully saturated rings. The molecule has 1 saturated carbocycles. The molecule has 1 saturated heterocycles. The van der Waals surface area contributed by atoms with Gasteiger partial charge in [-0.1, -0.05) is 36.7 Å². The van der Waals surface area contributed by atoms with Crippen molar-refractivity contribution in [2.45, 2.75) is 64.5 Å². The number of fused-ring (bicyclic) bond motifs is 1. The third-order valence-electron chi connectivity index (χ3n) is 7.53. The lowest BCUT2D eigenvalue weighted by molar-refractivity contribution is 0.0911. The van der Waals surface area contributed by atoms with Crippen molar-refractivity contribution in [3.05, 3.63) is 51.6 Å². The number of ether oxygens (including phenoxy) is 1. The molecular formula is C27H32Cl2N2O3. The molecule has 0 N–H and O–H groups in total. The van der Waals surface area contributed by atoms with Crippen LogP contribution >= 0.6 is 23.5 Å². The molecule has 1 aromatic heterocycles. The minimum absolute atomic E-state index is 0.191. The van der Waals surface area contributed by atoms with Gasteiger partial charge in [0.05, 0.1) is 10.4 Å². The van der Waals surface area contributed by atoms with Crippen molar-refractivity contribution in [2.24, 2.45) is 5.41 Å². The van der Waals surface area contributed by atoms with E-state index in [4.69, 9.17) is 32.5 Å². The highest BCUT2D eigenvalue weighted by Crippen LogP contribution is 2.47. The number of carbonyl (C=O) groups excluding carboxylic acids is 1. The number of hydrogen-bond donors (Lipinski definition) is 0. The average Bonchev–Trinajstić information content (AvgIpc) is 3.50. The summed E-state index contributed by atoms with van der Waals surface area (Å²) in [6.45, 7) is 5.94. The maximum Gasteiger partial charge on any atom is 0.170 e. The summed E-state index contributed by atoms with van der Waals surface area (Å²) in [5.41, 5.74) is 0.641. The van der Waals surface area contributed by atoms with Gasteiger partial charge in [-0.25, -0.2) is 0 Å². The number of benzene rings is 1. The van der Waals surface area contributed by atoms with E-state index in [9.17, 15) is 4.79 Å². The molecule has 3 aliphatic rings. The Morgan fingerprint density at radius 3 is 2.65 bits per heavy atom. The maximum atomic E-state index is 13.2. The van der Waals surface area contributed by atoms with Crippen LogP contribution < -0.4 is 15.3 Å². The van der Waals surface area contributed by atoms with Gasteiger partial charge in [-0.3, -0.25) is 4.79 Å². The van der Waals surface area contributed by atoms with Gasteiger partial charge in [0.2, 0.25) is 0 Å². The second kappa shape index (κ2) is 9.96. The van der Waals surface area contributed by atoms with E-state index in [1.54, 1.807) is 0 Å². The summed E-state index contributed by atoms with van der Waals surface area (Å²) in [6, 6.07) is 7.67. The van der Waals surface area contributed by atoms with Crippen LogP contribution in [0.5, 0.6) is 5.75 Å². The zero-order chi connectivity index (χ0) is 23.7. The smallest absolute Gasteiger partial charge is 0.170 e. The van der Waals surface area contributed by atoms with E-state index in [0.717, 1.165) is 98.8 Å². The summed E-state index contributed by atoms with van der Waals surface area (Å²) in [6.07, 6.45) is 11.0. The van der Waals surface area contributed by atoms with Crippen molar-refractivity contribution < 1.29 is 13.8 Å². The first-order valence-electron chi connectivity index (χ1n) is 12.4. The third kappa shape index (κ3) is 4.89. The van der Waals surface area contributed by atoms with E-state index in [0.29, 0.717) is 5.02 Å². The van der Waals surface area contributed by atoms with Gasteiger partial charge >= 0.3 is 0 Å². The summed E-state index contributed by atoms with van der Waals surface area (Å²) in [4.78, 5) is 15.7. The van der Waals surface area contributed by atoms with Crippen LogP contribution in [0.2, 0.25) is 5.02 Å². The minimum Gasteiger partial charge on any atom is -0.489 e. The molecule has 182 valence electrons. The van der Waals surface area contributed by atoms with Gasteiger partial charge < -0.3 is 18.5 Å². The molecule has 0 bridgehead atoms. The number of likely N-dealkylation sites (tertiary alicyclic amines) is 1. The van der Waals surface area contributed by atoms with E-state index in [1.165, 1.54) is 0 Å². The van der Waals surface area contributed by atoms with E-state index < -0.39 is 0 Å². The molecule has 1 aliphatic heterocycles. The first kappa shape index (κ1) is 23.8. The van der Waals surface area contributed by atoms with Crippen LogP contribution in [0, 0.1) is 5.41 Å². The fraction of sp³-hybridized carbons (Fsp3) is 0.519. The molecule has 0 amide bonds. The SMILES string of the molecule is CC1(C(=O)c2cn(CCCN3CCC(Oc4ccccc4Cl)CC3)c3c2=CCCC=3OCl)CC1. The summed E-state index contributed by atoms with van der Waals surface area (Å²) in [7, 11) is 0. The molecule has 0 unspecified atom stereocenters. The number of aromatic nitrogens is 1. The van der Waals surface area contributed by atoms with Crippen LogP contribution in [0.25, 0.3) is 11.8 Å². The summed E-state index contributed by atoms with van der Waals surface area (Å²) < 4.78 is 13.5. The summed E-state index contributed by atoms with van der Waals surface area (Å²) >= 11 is 12.1. The molecule has 2 aromatic rings. The van der Waals surface area contributed by atoms with E-state index >= 15 is 0 Å². The predicted octanol–water partition coefficient (Wildman–Crippen LogP) is 4.91. The molecule has 2 heterocycles. The lowest BCUT2D eigenvalue weighted by atomic mass is 9.96. The van der Waals surface area contributed by atoms with Gasteiger partial charge in [0.15, 0.2) is 5.78 Å². The number of hydrogen-bond acceptors (Lipinski definition) is 4. The Morgan fingerprint density at radius 2 is 1.94 bits per heavy atom. The number of piperidine rings is 1. The number of para-hydroxylation sites is 1. The van der Waals surface area contributed by atoms with Gasteiger partial charge in [0.1, 0.15) is 29.5 Å². The zero-order valence-electron chi connectivity index (χ0n) is 19.7. The largest absolute Gasteiger partial charge is 0.489 e. The Balaban J connectivity index is 1.21. The molecule has 1 aromatic carbocycles. The lowest BCUT2D eigenvalue weighted by Gasteiger charge is -2.32. The number of halogens is 2. The fourth-order valence-electron chi connectivity index (χ4n) is 5.16. The highest BCUT2D eigenvalue weighted by molar-refractivity contribution is 6.32. The molecule has 5 nitrogen and oxygen atoms in total. The quantitative estimate of drug-likeness (QED) is 0.457. The molecule has 34 heavy (non-hydrogen) atoms. The highest BCUT2D eigenvalue weighted by atomic mass is 35.5. The Bertz CT molecular complexity index is 1180. The number of ketones is 1. The van der Waals surface area contributed by atoms with Crippen LogP contribution in [-0.2, 0) is 10.8 Å². The number of carbonyl (C=O) groups is 1. The number of rotatable bonds is 9. The van der Waals surface area contributed by atoms with Crippen molar-refractivity contribution in [2.75, 3.05) is 19.6 Å². The Kier molecular flexibility index (Phi) is 6.97. The molecule has 2 aliphatic carbocycles. The van der Waals surface area contributed by atoms with Crippen LogP contribution in [0.15, 0.2) is 30.5 Å². The summed E-state index contributed by atoms with van der Waals surface area (Å²) in [5, 5.41) is 2.67. The van der Waals surface area contributed by atoms with Crippen LogP contribution in [0.3, 0.4) is 0 Å². The molecule has 5 rings (SSSR count). The number of Topliss-reactive ketones (excluding diaryl/α,β-unsaturated/α-hetero) is 1. The predicted molar refractivity (Wildman–Crippen MR) is 136 cm³/mol. The van der Waals surface area contributed by atoms with E-state index in [2.05, 4.69) is 22.5 Å². The Morgan fingerprint density at radius 1 is 1.18 bits per heavy atom. The van der Waals surface area contributed by atoms with Gasteiger partial charge in [0.25, 0.3) is 0 Å². The second-order valence-corrected chi connectivity index (χ2v) is 10.6. The standard InChI is InChI=1S/C27H32Cl2N2O3/c1-27(12-13-27)26(32)21-18-31(25-20(21)6-4-9-24(25)34-29)15-5-14-30-16-10-19(11-17-30)33-23-8-3-2-7-22(23)28/h2-3,6-8,18-19H,4-5,9-17H2,1H3. The Hall–Kier alpha value is -1.95. The van der Waals surface area contributed by atoms with Gasteiger partial charge in [-0.15, -0.1) is 0 Å². The molecule has 0 atom stereocenters. The molecule has 7 heteroatoms. The van der Waals surface area contributed by atoms with Crippen LogP contribution in [0.4, 0.5) is 0 Å². The zero-order valence-corrected chi connectivity index (χ0v) is 21.2. The summed E-state index contributed by atoms with van der Waals surface area (Å²) in [5.74, 6) is 1.81. The van der Waals surface area contributed by atoms with Crippen LogP contribution in [0.1, 0.15) is 62.2 Å². The fourth-order valence-corrected chi connectivity index (χ4v) is 5.49. The number of nitrogens with zero attached hydrogens (tertiary/aromatic N) is 2. The third-order valence-corrected chi connectivity index (χ3v) is 8.02. The maximum absolute atomic E-state index is 13.2.